The van der Waals surface area contributed by atoms with Gasteiger partial charge >= 0.3 is 0 Å². The number of amides is 1. The summed E-state index contributed by atoms with van der Waals surface area (Å²) in [6.07, 6.45) is 6.42. The Morgan fingerprint density at radius 3 is 2.60 bits per heavy atom. The molecule has 3 rings (SSSR count). The van der Waals surface area contributed by atoms with E-state index in [1.165, 1.54) is 12.8 Å². The largest absolute Gasteiger partial charge is 0.336 e. The van der Waals surface area contributed by atoms with Gasteiger partial charge in [0, 0.05) is 36.6 Å². The summed E-state index contributed by atoms with van der Waals surface area (Å²) in [5.41, 5.74) is 1.66. The van der Waals surface area contributed by atoms with E-state index < -0.39 is 0 Å². The lowest BCUT2D eigenvalue weighted by atomic mass is 9.97. The van der Waals surface area contributed by atoms with Crippen molar-refractivity contribution in [2.45, 2.75) is 57.7 Å². The van der Waals surface area contributed by atoms with E-state index in [1.54, 1.807) is 6.20 Å². The number of nitrogens with one attached hydrogen (secondary N) is 1. The second kappa shape index (κ2) is 5.52. The molecule has 2 saturated heterocycles. The predicted molar refractivity (Wildman–Crippen MR) is 78.7 cm³/mol. The molecule has 4 nitrogen and oxygen atoms in total. The first-order chi connectivity index (χ1) is 9.67. The highest BCUT2D eigenvalue weighted by Crippen LogP contribution is 2.30. The van der Waals surface area contributed by atoms with Crippen LogP contribution in [0.4, 0.5) is 0 Å². The minimum absolute atomic E-state index is 0.131. The van der Waals surface area contributed by atoms with E-state index in [4.69, 9.17) is 0 Å². The number of nitrogens with zero attached hydrogens (tertiary/aromatic N) is 2. The molecule has 0 spiro atoms. The average Bonchev–Trinajstić information content (AvgIpc) is 2.79. The highest BCUT2D eigenvalue weighted by molar-refractivity contribution is 5.94. The molecular formula is C16H23N3O. The van der Waals surface area contributed by atoms with Crippen LogP contribution in [0.15, 0.2) is 18.3 Å². The molecule has 1 N–H and O–H groups in total. The van der Waals surface area contributed by atoms with Crippen LogP contribution in [-0.2, 0) is 0 Å². The summed E-state index contributed by atoms with van der Waals surface area (Å²) in [4.78, 5) is 19.0. The van der Waals surface area contributed by atoms with Crippen molar-refractivity contribution in [2.75, 3.05) is 6.54 Å². The maximum atomic E-state index is 12.7. The van der Waals surface area contributed by atoms with Crippen LogP contribution in [0.1, 0.15) is 48.7 Å². The van der Waals surface area contributed by atoms with Gasteiger partial charge in [-0.1, -0.05) is 0 Å². The quantitative estimate of drug-likeness (QED) is 0.917. The second-order valence-electron chi connectivity index (χ2n) is 6.04. The maximum absolute atomic E-state index is 12.7. The van der Waals surface area contributed by atoms with Gasteiger partial charge in [-0.15, -0.1) is 0 Å². The lowest BCUT2D eigenvalue weighted by Gasteiger charge is -2.37. The van der Waals surface area contributed by atoms with Crippen LogP contribution in [0.5, 0.6) is 0 Å². The van der Waals surface area contributed by atoms with Gasteiger partial charge in [0.25, 0.3) is 5.91 Å². The molecule has 2 bridgehead atoms. The van der Waals surface area contributed by atoms with Gasteiger partial charge in [-0.3, -0.25) is 9.78 Å². The molecule has 3 heterocycles. The lowest BCUT2D eigenvalue weighted by molar-refractivity contribution is 0.0630. The predicted octanol–water partition coefficient (Wildman–Crippen LogP) is 2.14. The first-order valence-corrected chi connectivity index (χ1v) is 7.67. The highest BCUT2D eigenvalue weighted by atomic mass is 16.2. The zero-order chi connectivity index (χ0) is 14.1. The van der Waals surface area contributed by atoms with E-state index >= 15 is 0 Å². The Hall–Kier alpha value is -1.42. The number of rotatable bonds is 3. The Labute approximate surface area is 120 Å². The van der Waals surface area contributed by atoms with Gasteiger partial charge in [0.15, 0.2) is 0 Å². The molecule has 1 amide bonds. The van der Waals surface area contributed by atoms with E-state index in [1.807, 2.05) is 24.0 Å². The van der Waals surface area contributed by atoms with Crippen molar-refractivity contribution in [3.05, 3.63) is 29.6 Å². The van der Waals surface area contributed by atoms with Gasteiger partial charge in [0.05, 0.1) is 5.56 Å². The molecule has 1 aromatic rings. The Balaban J connectivity index is 1.75. The van der Waals surface area contributed by atoms with E-state index in [2.05, 4.69) is 17.2 Å². The Morgan fingerprint density at radius 2 is 2.05 bits per heavy atom. The second-order valence-corrected chi connectivity index (χ2v) is 6.04. The van der Waals surface area contributed by atoms with E-state index in [0.29, 0.717) is 23.7 Å². The number of fused-ring (bicyclic) bond motifs is 2. The van der Waals surface area contributed by atoms with Gasteiger partial charge in [-0.25, -0.2) is 0 Å². The molecule has 0 radical (unpaired) electrons. The summed E-state index contributed by atoms with van der Waals surface area (Å²) in [5.74, 6) is 0.131. The van der Waals surface area contributed by atoms with E-state index in [-0.39, 0.29) is 5.91 Å². The molecule has 0 saturated carbocycles. The molecule has 2 aliphatic heterocycles. The van der Waals surface area contributed by atoms with Gasteiger partial charge in [0.2, 0.25) is 0 Å². The zero-order valence-corrected chi connectivity index (χ0v) is 12.3. The fraction of sp³-hybridized carbons (Fsp3) is 0.625. The first-order valence-electron chi connectivity index (χ1n) is 7.67. The Kier molecular flexibility index (Phi) is 3.74. The third-order valence-electron chi connectivity index (χ3n) is 4.65. The fourth-order valence-electron chi connectivity index (χ4n) is 3.61. The molecule has 108 valence electrons. The van der Waals surface area contributed by atoms with Crippen molar-refractivity contribution in [2.24, 2.45) is 0 Å². The molecule has 4 heteroatoms. The molecular weight excluding hydrogens is 250 g/mol. The van der Waals surface area contributed by atoms with E-state index in [0.717, 1.165) is 25.1 Å². The molecule has 2 aliphatic rings. The minimum Gasteiger partial charge on any atom is -0.336 e. The van der Waals surface area contributed by atoms with Crippen LogP contribution < -0.4 is 5.32 Å². The van der Waals surface area contributed by atoms with Crippen LogP contribution in [0.2, 0.25) is 0 Å². The van der Waals surface area contributed by atoms with Crippen molar-refractivity contribution < 1.29 is 4.79 Å². The summed E-state index contributed by atoms with van der Waals surface area (Å²) >= 11 is 0. The lowest BCUT2D eigenvalue weighted by Crippen LogP contribution is -2.50. The smallest absolute Gasteiger partial charge is 0.255 e. The average molecular weight is 273 g/mol. The molecule has 2 unspecified atom stereocenters. The molecule has 2 atom stereocenters. The number of pyridine rings is 1. The third kappa shape index (κ3) is 2.57. The Morgan fingerprint density at radius 1 is 1.35 bits per heavy atom. The van der Waals surface area contributed by atoms with Gasteiger partial charge in [-0.2, -0.15) is 0 Å². The minimum atomic E-state index is 0.131. The Bertz CT molecular complexity index is 473. The summed E-state index contributed by atoms with van der Waals surface area (Å²) in [5, 5.41) is 3.64. The molecule has 0 aliphatic carbocycles. The van der Waals surface area contributed by atoms with Crippen LogP contribution in [-0.4, -0.2) is 40.5 Å². The van der Waals surface area contributed by atoms with Crippen molar-refractivity contribution in [3.8, 4) is 0 Å². The first kappa shape index (κ1) is 13.6. The number of hydrogen-bond acceptors (Lipinski definition) is 3. The van der Waals surface area contributed by atoms with Crippen molar-refractivity contribution in [3.63, 3.8) is 0 Å². The normalized spacial score (nSPS) is 28.4. The SMILES string of the molecule is CCN(C(=O)c1ccc(C)nc1)C1CC2CCC(C1)N2. The monoisotopic (exact) mass is 273 g/mol. The maximum Gasteiger partial charge on any atom is 0.255 e. The van der Waals surface area contributed by atoms with Crippen LogP contribution >= 0.6 is 0 Å². The van der Waals surface area contributed by atoms with Gasteiger partial charge < -0.3 is 10.2 Å². The van der Waals surface area contributed by atoms with E-state index in [9.17, 15) is 4.79 Å². The number of carbonyl (C=O) groups is 1. The van der Waals surface area contributed by atoms with Crippen LogP contribution in [0.3, 0.4) is 0 Å². The summed E-state index contributed by atoms with van der Waals surface area (Å²) in [6, 6.07) is 5.40. The molecule has 1 aromatic heterocycles. The summed E-state index contributed by atoms with van der Waals surface area (Å²) < 4.78 is 0. The van der Waals surface area contributed by atoms with Crippen LogP contribution in [0.25, 0.3) is 0 Å². The topological polar surface area (TPSA) is 45.2 Å². The number of carbonyl (C=O) groups excluding carboxylic acids is 1. The third-order valence-corrected chi connectivity index (χ3v) is 4.65. The standard InChI is InChI=1S/C16H23N3O/c1-3-19(15-8-13-6-7-14(9-15)18-13)16(20)12-5-4-11(2)17-10-12/h4-5,10,13-15,18H,3,6-9H2,1-2H3. The van der Waals surface area contributed by atoms with Crippen molar-refractivity contribution in [1.82, 2.24) is 15.2 Å². The van der Waals surface area contributed by atoms with Crippen LogP contribution in [0, 0.1) is 6.92 Å². The molecule has 20 heavy (non-hydrogen) atoms. The van der Waals surface area contributed by atoms with Crippen molar-refractivity contribution in [1.29, 1.82) is 0 Å². The highest BCUT2D eigenvalue weighted by Gasteiger charge is 2.37. The summed E-state index contributed by atoms with van der Waals surface area (Å²) in [7, 11) is 0. The fourth-order valence-corrected chi connectivity index (χ4v) is 3.61. The van der Waals surface area contributed by atoms with Gasteiger partial charge in [-0.05, 0) is 51.7 Å². The summed E-state index contributed by atoms with van der Waals surface area (Å²) in [6.45, 7) is 4.79. The molecule has 2 fully saturated rings. The zero-order valence-electron chi connectivity index (χ0n) is 12.3. The number of hydrogen-bond donors (Lipinski definition) is 1. The van der Waals surface area contributed by atoms with Crippen molar-refractivity contribution >= 4 is 5.91 Å². The number of aromatic nitrogens is 1. The number of aryl methyl sites for hydroxylation is 1. The number of piperidine rings is 1. The molecule has 0 aromatic carbocycles. The van der Waals surface area contributed by atoms with Gasteiger partial charge in [0.1, 0.15) is 0 Å².